The van der Waals surface area contributed by atoms with E-state index in [9.17, 15) is 4.79 Å². The first-order valence-corrected chi connectivity index (χ1v) is 4.17. The van der Waals surface area contributed by atoms with Crippen LogP contribution in [0.25, 0.3) is 0 Å². The molecule has 1 rings (SSSR count). The molecule has 0 fully saturated rings. The summed E-state index contributed by atoms with van der Waals surface area (Å²) in [6.45, 7) is 0. The van der Waals surface area contributed by atoms with E-state index in [2.05, 4.69) is 0 Å². The normalized spacial score (nSPS) is 14.9. The highest BCUT2D eigenvalue weighted by Crippen LogP contribution is 2.03. The summed E-state index contributed by atoms with van der Waals surface area (Å²) in [5.41, 5.74) is 6.60. The SMILES string of the molecule is NC(Cc1ccccc1)C(O)C=O. The van der Waals surface area contributed by atoms with E-state index in [4.69, 9.17) is 10.8 Å². The van der Waals surface area contributed by atoms with Gasteiger partial charge < -0.3 is 15.6 Å². The van der Waals surface area contributed by atoms with Gasteiger partial charge in [0.1, 0.15) is 12.4 Å². The average Bonchev–Trinajstić information content (AvgIpc) is 2.18. The predicted octanol–water partition coefficient (Wildman–Crippen LogP) is 0.116. The van der Waals surface area contributed by atoms with E-state index in [0.29, 0.717) is 12.7 Å². The molecule has 70 valence electrons. The zero-order chi connectivity index (χ0) is 9.68. The Balaban J connectivity index is 2.54. The molecular weight excluding hydrogens is 166 g/mol. The third-order valence-corrected chi connectivity index (χ3v) is 1.89. The standard InChI is InChI=1S/C10H13NO2/c11-9(10(13)7-12)6-8-4-2-1-3-5-8/h1-5,7,9-10,13H,6,11H2. The van der Waals surface area contributed by atoms with Gasteiger partial charge in [-0.25, -0.2) is 0 Å². The lowest BCUT2D eigenvalue weighted by molar-refractivity contribution is -0.115. The van der Waals surface area contributed by atoms with Crippen LogP contribution in [0.5, 0.6) is 0 Å². The summed E-state index contributed by atoms with van der Waals surface area (Å²) in [5.74, 6) is 0. The number of benzene rings is 1. The first-order valence-electron chi connectivity index (χ1n) is 4.17. The molecule has 3 N–H and O–H groups in total. The predicted molar refractivity (Wildman–Crippen MR) is 50.2 cm³/mol. The van der Waals surface area contributed by atoms with E-state index in [0.717, 1.165) is 5.56 Å². The Morgan fingerprint density at radius 1 is 1.38 bits per heavy atom. The number of carbonyl (C=O) groups excluding carboxylic acids is 1. The molecule has 1 aromatic carbocycles. The van der Waals surface area contributed by atoms with E-state index in [1.807, 2.05) is 30.3 Å². The summed E-state index contributed by atoms with van der Waals surface area (Å²) >= 11 is 0. The zero-order valence-corrected chi connectivity index (χ0v) is 7.26. The van der Waals surface area contributed by atoms with Crippen LogP contribution in [0.3, 0.4) is 0 Å². The van der Waals surface area contributed by atoms with E-state index in [1.165, 1.54) is 0 Å². The molecule has 0 spiro atoms. The molecule has 0 aliphatic rings. The van der Waals surface area contributed by atoms with Gasteiger partial charge >= 0.3 is 0 Å². The molecule has 1 aromatic rings. The van der Waals surface area contributed by atoms with Crippen LogP contribution in [0.1, 0.15) is 5.56 Å². The molecule has 3 heteroatoms. The van der Waals surface area contributed by atoms with Crippen LogP contribution >= 0.6 is 0 Å². The van der Waals surface area contributed by atoms with Crippen LogP contribution in [0.4, 0.5) is 0 Å². The van der Waals surface area contributed by atoms with Crippen LogP contribution in [-0.4, -0.2) is 23.5 Å². The molecule has 0 aromatic heterocycles. The van der Waals surface area contributed by atoms with Crippen molar-refractivity contribution < 1.29 is 9.90 Å². The van der Waals surface area contributed by atoms with Crippen molar-refractivity contribution in [3.05, 3.63) is 35.9 Å². The van der Waals surface area contributed by atoms with Crippen LogP contribution in [-0.2, 0) is 11.2 Å². The van der Waals surface area contributed by atoms with Crippen molar-refractivity contribution >= 4 is 6.29 Å². The minimum absolute atomic E-state index is 0.466. The van der Waals surface area contributed by atoms with Gasteiger partial charge in [-0.1, -0.05) is 30.3 Å². The number of aldehydes is 1. The lowest BCUT2D eigenvalue weighted by Gasteiger charge is -2.12. The molecule has 0 radical (unpaired) electrons. The lowest BCUT2D eigenvalue weighted by Crippen LogP contribution is -2.37. The summed E-state index contributed by atoms with van der Waals surface area (Å²) in [6, 6.07) is 9.02. The second-order valence-corrected chi connectivity index (χ2v) is 2.98. The Morgan fingerprint density at radius 3 is 2.54 bits per heavy atom. The molecule has 3 nitrogen and oxygen atoms in total. The van der Waals surface area contributed by atoms with E-state index in [-0.39, 0.29) is 0 Å². The van der Waals surface area contributed by atoms with Gasteiger partial charge in [0.25, 0.3) is 0 Å². The highest BCUT2D eigenvalue weighted by atomic mass is 16.3. The van der Waals surface area contributed by atoms with E-state index < -0.39 is 12.1 Å². The van der Waals surface area contributed by atoms with Crippen LogP contribution in [0.2, 0.25) is 0 Å². The first-order chi connectivity index (χ1) is 6.24. The molecule has 0 bridgehead atoms. The molecule has 0 saturated carbocycles. The minimum atomic E-state index is -1.07. The second kappa shape index (κ2) is 4.74. The fraction of sp³-hybridized carbons (Fsp3) is 0.300. The Hall–Kier alpha value is -1.19. The van der Waals surface area contributed by atoms with Gasteiger partial charge in [0, 0.05) is 6.04 Å². The fourth-order valence-corrected chi connectivity index (χ4v) is 1.11. The van der Waals surface area contributed by atoms with Crippen molar-refractivity contribution in [1.29, 1.82) is 0 Å². The van der Waals surface area contributed by atoms with Crippen molar-refractivity contribution in [2.45, 2.75) is 18.6 Å². The molecule has 2 atom stereocenters. The third-order valence-electron chi connectivity index (χ3n) is 1.89. The third kappa shape index (κ3) is 2.97. The maximum absolute atomic E-state index is 10.2. The second-order valence-electron chi connectivity index (χ2n) is 2.98. The lowest BCUT2D eigenvalue weighted by atomic mass is 10.0. The van der Waals surface area contributed by atoms with Gasteiger partial charge in [-0.2, -0.15) is 0 Å². The number of aliphatic hydroxyl groups is 1. The Bertz CT molecular complexity index is 261. The van der Waals surface area contributed by atoms with Crippen LogP contribution in [0.15, 0.2) is 30.3 Å². The summed E-state index contributed by atoms with van der Waals surface area (Å²) in [4.78, 5) is 10.2. The number of nitrogens with two attached hydrogens (primary N) is 1. The fourth-order valence-electron chi connectivity index (χ4n) is 1.11. The highest BCUT2D eigenvalue weighted by molar-refractivity contribution is 5.56. The maximum Gasteiger partial charge on any atom is 0.150 e. The van der Waals surface area contributed by atoms with Crippen molar-refractivity contribution in [2.75, 3.05) is 0 Å². The van der Waals surface area contributed by atoms with E-state index >= 15 is 0 Å². The smallest absolute Gasteiger partial charge is 0.150 e. The molecule has 0 saturated heterocycles. The Labute approximate surface area is 77.2 Å². The van der Waals surface area contributed by atoms with Gasteiger partial charge in [-0.05, 0) is 12.0 Å². The van der Waals surface area contributed by atoms with Crippen LogP contribution in [0, 0.1) is 0 Å². The minimum Gasteiger partial charge on any atom is -0.384 e. The number of aliphatic hydroxyl groups excluding tert-OH is 1. The number of hydrogen-bond donors (Lipinski definition) is 2. The van der Waals surface area contributed by atoms with E-state index in [1.54, 1.807) is 0 Å². The van der Waals surface area contributed by atoms with Crippen molar-refractivity contribution in [1.82, 2.24) is 0 Å². The van der Waals surface area contributed by atoms with Crippen LogP contribution < -0.4 is 5.73 Å². The molecule has 0 amide bonds. The van der Waals surface area contributed by atoms with Crippen molar-refractivity contribution in [3.8, 4) is 0 Å². The monoisotopic (exact) mass is 179 g/mol. The van der Waals surface area contributed by atoms with Gasteiger partial charge in [-0.3, -0.25) is 0 Å². The largest absolute Gasteiger partial charge is 0.384 e. The molecule has 13 heavy (non-hydrogen) atoms. The molecule has 0 aliphatic heterocycles. The zero-order valence-electron chi connectivity index (χ0n) is 7.26. The quantitative estimate of drug-likeness (QED) is 0.645. The first kappa shape index (κ1) is 9.89. The summed E-state index contributed by atoms with van der Waals surface area (Å²) in [7, 11) is 0. The van der Waals surface area contributed by atoms with Crippen molar-refractivity contribution in [2.24, 2.45) is 5.73 Å². The van der Waals surface area contributed by atoms with Gasteiger partial charge in [0.15, 0.2) is 0 Å². The molecule has 0 aliphatic carbocycles. The Morgan fingerprint density at radius 2 is 2.00 bits per heavy atom. The number of carbonyl (C=O) groups is 1. The van der Waals surface area contributed by atoms with Crippen molar-refractivity contribution in [3.63, 3.8) is 0 Å². The average molecular weight is 179 g/mol. The highest BCUT2D eigenvalue weighted by Gasteiger charge is 2.13. The van der Waals surface area contributed by atoms with Gasteiger partial charge in [0.2, 0.25) is 0 Å². The molecule has 0 heterocycles. The van der Waals surface area contributed by atoms with Gasteiger partial charge in [0.05, 0.1) is 0 Å². The Kier molecular flexibility index (Phi) is 3.61. The maximum atomic E-state index is 10.2. The molecular formula is C10H13NO2. The topological polar surface area (TPSA) is 63.3 Å². The number of rotatable bonds is 4. The summed E-state index contributed by atoms with van der Waals surface area (Å²) in [5, 5.41) is 9.09. The molecule has 2 unspecified atom stereocenters. The number of hydrogen-bond acceptors (Lipinski definition) is 3. The van der Waals surface area contributed by atoms with Gasteiger partial charge in [-0.15, -0.1) is 0 Å². The summed E-state index contributed by atoms with van der Waals surface area (Å²) < 4.78 is 0. The summed E-state index contributed by atoms with van der Waals surface area (Å²) in [6.07, 6.45) is -0.0887.